The Bertz CT molecular complexity index is 891. The topological polar surface area (TPSA) is 79.0 Å². The van der Waals surface area contributed by atoms with Crippen molar-refractivity contribution in [3.05, 3.63) is 29.1 Å². The smallest absolute Gasteiger partial charge is 0.336 e. The summed E-state index contributed by atoms with van der Waals surface area (Å²) in [6.07, 6.45) is -1.96. The number of carbonyl (C=O) groups is 2. The second kappa shape index (κ2) is 5.94. The summed E-state index contributed by atoms with van der Waals surface area (Å²) in [5.41, 5.74) is -2.42. The Morgan fingerprint density at radius 1 is 1.37 bits per heavy atom. The summed E-state index contributed by atoms with van der Waals surface area (Å²) < 4.78 is 39.5. The number of hydrogen-bond acceptors (Lipinski definition) is 4. The molecule has 0 radical (unpaired) electrons. The summed E-state index contributed by atoms with van der Waals surface area (Å²) in [5, 5.41) is 12.6. The van der Waals surface area contributed by atoms with Gasteiger partial charge in [-0.15, -0.1) is 0 Å². The van der Waals surface area contributed by atoms with Gasteiger partial charge in [0.1, 0.15) is 11.8 Å². The third-order valence-electron chi connectivity index (χ3n) is 5.29. The minimum atomic E-state index is -4.62. The van der Waals surface area contributed by atoms with E-state index in [0.29, 0.717) is 19.4 Å². The Balaban J connectivity index is 1.87. The molecule has 0 N–H and O–H groups in total. The number of carbonyl (C=O) groups excluding carboxylic acids is 2. The number of halogens is 3. The minimum absolute atomic E-state index is 0.0837. The Morgan fingerprint density at radius 3 is 2.59 bits per heavy atom. The number of aryl methyl sites for hydroxylation is 1. The standard InChI is InChI=1S/C18H19F3N4O2/c1-16(2)9-17(7-11(8-22)14(16)26)4-5-25(10-17)15(27)12-6-13(18(19,20)21)23-24(12)3/h6-7H,4-5,9-10H2,1-3H3/t17-/m1/s1. The van der Waals surface area contributed by atoms with Crippen molar-refractivity contribution in [1.82, 2.24) is 14.7 Å². The zero-order valence-electron chi connectivity index (χ0n) is 15.2. The number of likely N-dealkylation sites (tertiary alicyclic amines) is 1. The molecule has 0 unspecified atom stereocenters. The normalized spacial score (nSPS) is 24.9. The fourth-order valence-corrected chi connectivity index (χ4v) is 4.13. The van der Waals surface area contributed by atoms with Crippen molar-refractivity contribution < 1.29 is 22.8 Å². The molecule has 1 aromatic rings. The van der Waals surface area contributed by atoms with Gasteiger partial charge in [0.15, 0.2) is 11.5 Å². The monoisotopic (exact) mass is 380 g/mol. The molecule has 1 aliphatic heterocycles. The van der Waals surface area contributed by atoms with Crippen LogP contribution in [0.5, 0.6) is 0 Å². The maximum atomic E-state index is 12.8. The van der Waals surface area contributed by atoms with Gasteiger partial charge in [0.25, 0.3) is 5.91 Å². The molecule has 6 nitrogen and oxygen atoms in total. The molecule has 3 rings (SSSR count). The molecule has 1 aliphatic carbocycles. The largest absolute Gasteiger partial charge is 0.435 e. The lowest BCUT2D eigenvalue weighted by molar-refractivity contribution is -0.141. The molecule has 27 heavy (non-hydrogen) atoms. The zero-order valence-corrected chi connectivity index (χ0v) is 15.2. The van der Waals surface area contributed by atoms with Crippen LogP contribution in [0.3, 0.4) is 0 Å². The van der Waals surface area contributed by atoms with Crippen LogP contribution in [0.4, 0.5) is 13.2 Å². The van der Waals surface area contributed by atoms with E-state index in [2.05, 4.69) is 5.10 Å². The number of aromatic nitrogens is 2. The number of nitriles is 1. The first-order chi connectivity index (χ1) is 12.4. The number of nitrogens with zero attached hydrogens (tertiary/aromatic N) is 4. The molecule has 1 spiro atoms. The average Bonchev–Trinajstić information content (AvgIpc) is 3.14. The third-order valence-corrected chi connectivity index (χ3v) is 5.29. The Morgan fingerprint density at radius 2 is 2.04 bits per heavy atom. The number of hydrogen-bond donors (Lipinski definition) is 0. The second-order valence-electron chi connectivity index (χ2n) is 7.93. The van der Waals surface area contributed by atoms with Gasteiger partial charge in [0.2, 0.25) is 0 Å². The lowest BCUT2D eigenvalue weighted by Crippen LogP contribution is -2.41. The second-order valence-corrected chi connectivity index (χ2v) is 7.93. The zero-order chi connectivity index (χ0) is 20.2. The van der Waals surface area contributed by atoms with Gasteiger partial charge >= 0.3 is 6.18 Å². The number of allylic oxidation sites excluding steroid dienone is 1. The average molecular weight is 380 g/mol. The van der Waals surface area contributed by atoms with Crippen LogP contribution in [0.25, 0.3) is 0 Å². The molecular weight excluding hydrogens is 361 g/mol. The molecule has 2 aliphatic rings. The van der Waals surface area contributed by atoms with Crippen LogP contribution in [-0.4, -0.2) is 39.5 Å². The van der Waals surface area contributed by atoms with Crippen molar-refractivity contribution in [2.75, 3.05) is 13.1 Å². The minimum Gasteiger partial charge on any atom is -0.336 e. The van der Waals surface area contributed by atoms with Crippen LogP contribution >= 0.6 is 0 Å². The lowest BCUT2D eigenvalue weighted by Gasteiger charge is -2.38. The molecule has 1 amide bonds. The Labute approximate surface area is 154 Å². The van der Waals surface area contributed by atoms with Gasteiger partial charge in [0, 0.05) is 37.0 Å². The molecule has 0 aromatic carbocycles. The fourth-order valence-electron chi connectivity index (χ4n) is 4.13. The van der Waals surface area contributed by atoms with Crippen LogP contribution in [0.1, 0.15) is 42.9 Å². The summed E-state index contributed by atoms with van der Waals surface area (Å²) in [6.45, 7) is 4.12. The Hall–Kier alpha value is -2.63. The van der Waals surface area contributed by atoms with Crippen molar-refractivity contribution >= 4 is 11.7 Å². The van der Waals surface area contributed by atoms with E-state index >= 15 is 0 Å². The molecule has 1 atom stereocenters. The summed E-state index contributed by atoms with van der Waals surface area (Å²) in [6, 6.07) is 2.68. The van der Waals surface area contributed by atoms with E-state index in [4.69, 9.17) is 0 Å². The molecule has 1 fully saturated rings. The molecule has 9 heteroatoms. The summed E-state index contributed by atoms with van der Waals surface area (Å²) >= 11 is 0. The predicted molar refractivity (Wildman–Crippen MR) is 88.3 cm³/mol. The quantitative estimate of drug-likeness (QED) is 0.750. The highest BCUT2D eigenvalue weighted by Gasteiger charge is 2.49. The highest BCUT2D eigenvalue weighted by Crippen LogP contribution is 2.48. The molecular formula is C18H19F3N4O2. The van der Waals surface area contributed by atoms with Crippen molar-refractivity contribution in [3.8, 4) is 6.07 Å². The van der Waals surface area contributed by atoms with Crippen LogP contribution in [0.2, 0.25) is 0 Å². The maximum absolute atomic E-state index is 12.8. The highest BCUT2D eigenvalue weighted by atomic mass is 19.4. The van der Waals surface area contributed by atoms with Gasteiger partial charge in [-0.1, -0.05) is 19.9 Å². The number of amides is 1. The Kier molecular flexibility index (Phi) is 4.21. The van der Waals surface area contributed by atoms with Crippen molar-refractivity contribution in [1.29, 1.82) is 5.26 Å². The van der Waals surface area contributed by atoms with E-state index in [-0.39, 0.29) is 23.6 Å². The SMILES string of the molecule is Cn1nc(C(F)(F)F)cc1C(=O)N1CC[C@]2(C=C(C#N)C(=O)C(C)(C)C2)C1. The fraction of sp³-hybridized carbons (Fsp3) is 0.556. The molecule has 1 aromatic heterocycles. The molecule has 144 valence electrons. The maximum Gasteiger partial charge on any atom is 0.435 e. The van der Waals surface area contributed by atoms with Crippen LogP contribution in [0.15, 0.2) is 17.7 Å². The third kappa shape index (κ3) is 3.24. The van der Waals surface area contributed by atoms with Gasteiger partial charge < -0.3 is 4.90 Å². The first-order valence-corrected chi connectivity index (χ1v) is 8.47. The number of ketones is 1. The number of Topliss-reactive ketones (excluding diaryl/α,β-unsaturated/α-hetero) is 1. The van der Waals surface area contributed by atoms with E-state index in [1.165, 1.54) is 11.9 Å². The van der Waals surface area contributed by atoms with E-state index in [1.807, 2.05) is 6.07 Å². The first-order valence-electron chi connectivity index (χ1n) is 8.47. The van der Waals surface area contributed by atoms with E-state index in [1.54, 1.807) is 19.9 Å². The van der Waals surface area contributed by atoms with Gasteiger partial charge in [-0.05, 0) is 12.8 Å². The summed E-state index contributed by atoms with van der Waals surface area (Å²) in [4.78, 5) is 26.5. The number of rotatable bonds is 1. The van der Waals surface area contributed by atoms with Gasteiger partial charge in [-0.25, -0.2) is 0 Å². The predicted octanol–water partition coefficient (Wildman–Crippen LogP) is 2.72. The molecule has 0 bridgehead atoms. The van der Waals surface area contributed by atoms with Crippen LogP contribution in [-0.2, 0) is 18.0 Å². The summed E-state index contributed by atoms with van der Waals surface area (Å²) in [5.74, 6) is -0.763. The van der Waals surface area contributed by atoms with E-state index in [9.17, 15) is 28.0 Å². The first kappa shape index (κ1) is 19.1. The number of alkyl halides is 3. The van der Waals surface area contributed by atoms with Gasteiger partial charge in [-0.3, -0.25) is 14.3 Å². The van der Waals surface area contributed by atoms with Crippen molar-refractivity contribution in [2.24, 2.45) is 17.9 Å². The highest BCUT2D eigenvalue weighted by molar-refractivity contribution is 6.03. The molecule has 2 heterocycles. The van der Waals surface area contributed by atoms with E-state index < -0.39 is 28.6 Å². The van der Waals surface area contributed by atoms with Crippen LogP contribution < -0.4 is 0 Å². The van der Waals surface area contributed by atoms with E-state index in [0.717, 1.165) is 10.7 Å². The summed E-state index contributed by atoms with van der Waals surface area (Å²) in [7, 11) is 1.30. The lowest BCUT2D eigenvalue weighted by atomic mass is 9.64. The molecule has 0 saturated carbocycles. The van der Waals surface area contributed by atoms with Gasteiger partial charge in [0.05, 0.1) is 5.57 Å². The molecule has 1 saturated heterocycles. The van der Waals surface area contributed by atoms with Crippen molar-refractivity contribution in [3.63, 3.8) is 0 Å². The van der Waals surface area contributed by atoms with Crippen LogP contribution in [0, 0.1) is 22.2 Å². The van der Waals surface area contributed by atoms with Gasteiger partial charge in [-0.2, -0.15) is 23.5 Å². The van der Waals surface area contributed by atoms with Crippen molar-refractivity contribution in [2.45, 2.75) is 32.9 Å².